The lowest BCUT2D eigenvalue weighted by atomic mass is 10.1. The van der Waals surface area contributed by atoms with E-state index in [0.29, 0.717) is 34.2 Å². The number of ether oxygens (including phenoxy) is 3. The Balaban J connectivity index is 1.29. The van der Waals surface area contributed by atoms with Gasteiger partial charge in [-0.2, -0.15) is 0 Å². The molecule has 0 saturated heterocycles. The molecular formula is C30H26F3N3O5. The number of carbonyl (C=O) groups excluding carboxylic acids is 2. The Morgan fingerprint density at radius 2 is 1.46 bits per heavy atom. The quantitative estimate of drug-likeness (QED) is 0.260. The summed E-state index contributed by atoms with van der Waals surface area (Å²) in [6.45, 7) is 3.45. The second-order valence-corrected chi connectivity index (χ2v) is 10.2. The number of nitrogens with zero attached hydrogens (tertiary/aromatic N) is 1. The molecule has 212 valence electrons. The van der Waals surface area contributed by atoms with Crippen LogP contribution < -0.4 is 24.8 Å². The Kier molecular flexibility index (Phi) is 7.20. The topological polar surface area (TPSA) is 98.8 Å². The van der Waals surface area contributed by atoms with E-state index in [1.54, 1.807) is 32.0 Å². The van der Waals surface area contributed by atoms with Gasteiger partial charge < -0.3 is 24.8 Å². The zero-order valence-corrected chi connectivity index (χ0v) is 22.6. The van der Waals surface area contributed by atoms with Gasteiger partial charge in [0.05, 0.1) is 37.3 Å². The minimum absolute atomic E-state index is 0.0874. The van der Waals surface area contributed by atoms with Crippen molar-refractivity contribution in [2.75, 3.05) is 24.9 Å². The first kappa shape index (κ1) is 27.8. The first-order chi connectivity index (χ1) is 19.5. The lowest BCUT2D eigenvalue weighted by Crippen LogP contribution is -2.21. The number of fused-ring (bicyclic) bond motifs is 1. The molecule has 8 nitrogen and oxygen atoms in total. The molecule has 2 amide bonds. The summed E-state index contributed by atoms with van der Waals surface area (Å²) >= 11 is 0. The Morgan fingerprint density at radius 3 is 2.12 bits per heavy atom. The molecule has 4 aromatic rings. The predicted octanol–water partition coefficient (Wildman–Crippen LogP) is 6.31. The van der Waals surface area contributed by atoms with Crippen LogP contribution in [0.1, 0.15) is 13.8 Å². The second kappa shape index (κ2) is 10.6. The fourth-order valence-corrected chi connectivity index (χ4v) is 4.95. The van der Waals surface area contributed by atoms with E-state index < -0.39 is 46.5 Å². The maximum Gasteiger partial charge on any atom is 0.228 e. The first-order valence-corrected chi connectivity index (χ1v) is 12.6. The highest BCUT2D eigenvalue weighted by Gasteiger charge is 2.65. The van der Waals surface area contributed by atoms with E-state index in [1.807, 2.05) is 0 Å². The third-order valence-corrected chi connectivity index (χ3v) is 7.21. The minimum Gasteiger partial charge on any atom is -0.493 e. The summed E-state index contributed by atoms with van der Waals surface area (Å²) < 4.78 is 58.7. The molecular weight excluding hydrogens is 539 g/mol. The third-order valence-electron chi connectivity index (χ3n) is 7.21. The number of anilines is 2. The molecule has 41 heavy (non-hydrogen) atoms. The van der Waals surface area contributed by atoms with Gasteiger partial charge in [-0.3, -0.25) is 14.6 Å². The van der Waals surface area contributed by atoms with Gasteiger partial charge in [-0.05, 0) is 41.8 Å². The average Bonchev–Trinajstić information content (AvgIpc) is 3.53. The molecule has 11 heteroatoms. The number of benzene rings is 3. The fourth-order valence-electron chi connectivity index (χ4n) is 4.95. The average molecular weight is 566 g/mol. The standard InChI is InChI=1S/C30H26F3N3O5/c1-30(2)26(27(30)29(38)36-20-7-5-15(31)11-18(20)32)28(37)35-16-6-8-23(19(33)12-16)41-22-9-10-34-21-14-25(40-4)24(39-3)13-17(21)22/h5-14,26-27H,1-4H3,(H,35,37)(H,36,38)/t26-,27+/m1/s1. The number of aromatic nitrogens is 1. The van der Waals surface area contributed by atoms with Gasteiger partial charge in [-0.25, -0.2) is 13.2 Å². The van der Waals surface area contributed by atoms with Crippen molar-refractivity contribution in [3.63, 3.8) is 0 Å². The van der Waals surface area contributed by atoms with Crippen molar-refractivity contribution in [3.8, 4) is 23.0 Å². The van der Waals surface area contributed by atoms with Crippen molar-refractivity contribution in [2.45, 2.75) is 13.8 Å². The van der Waals surface area contributed by atoms with E-state index >= 15 is 4.39 Å². The molecule has 3 aromatic carbocycles. The molecule has 2 N–H and O–H groups in total. The summed E-state index contributed by atoms with van der Waals surface area (Å²) in [5.41, 5.74) is -0.205. The van der Waals surface area contributed by atoms with Crippen molar-refractivity contribution in [1.29, 1.82) is 0 Å². The molecule has 0 unspecified atom stereocenters. The summed E-state index contributed by atoms with van der Waals surface area (Å²) in [4.78, 5) is 30.1. The molecule has 1 fully saturated rings. The molecule has 1 aliphatic carbocycles. The number of methoxy groups -OCH3 is 2. The van der Waals surface area contributed by atoms with Gasteiger partial charge in [0.1, 0.15) is 17.4 Å². The minimum atomic E-state index is -0.922. The summed E-state index contributed by atoms with van der Waals surface area (Å²) in [6, 6.07) is 11.7. The van der Waals surface area contributed by atoms with Crippen LogP contribution in [0.5, 0.6) is 23.0 Å². The van der Waals surface area contributed by atoms with Gasteiger partial charge in [0.15, 0.2) is 23.1 Å². The van der Waals surface area contributed by atoms with Crippen LogP contribution in [-0.4, -0.2) is 31.0 Å². The van der Waals surface area contributed by atoms with Crippen molar-refractivity contribution < 1.29 is 37.0 Å². The van der Waals surface area contributed by atoms with Crippen molar-refractivity contribution in [3.05, 3.63) is 78.2 Å². The van der Waals surface area contributed by atoms with Crippen LogP contribution >= 0.6 is 0 Å². The Hall–Kier alpha value is -4.80. The van der Waals surface area contributed by atoms with E-state index in [1.165, 1.54) is 32.5 Å². The van der Waals surface area contributed by atoms with Gasteiger partial charge in [0.2, 0.25) is 11.8 Å². The summed E-state index contributed by atoms with van der Waals surface area (Å²) in [7, 11) is 3.00. The normalized spacial score (nSPS) is 17.0. The van der Waals surface area contributed by atoms with Crippen LogP contribution in [0.3, 0.4) is 0 Å². The molecule has 1 heterocycles. The van der Waals surface area contributed by atoms with Crippen LogP contribution in [-0.2, 0) is 9.59 Å². The lowest BCUT2D eigenvalue weighted by Gasteiger charge is -2.13. The molecule has 1 saturated carbocycles. The maximum atomic E-state index is 15.1. The Labute approximate surface area is 233 Å². The Bertz CT molecular complexity index is 1680. The number of hydrogen-bond acceptors (Lipinski definition) is 6. The molecule has 0 bridgehead atoms. The van der Waals surface area contributed by atoms with Crippen LogP contribution in [0.2, 0.25) is 0 Å². The summed E-state index contributed by atoms with van der Waals surface area (Å²) in [5.74, 6) is -3.84. The van der Waals surface area contributed by atoms with Crippen LogP contribution in [0.15, 0.2) is 60.8 Å². The lowest BCUT2D eigenvalue weighted by molar-refractivity contribution is -0.122. The zero-order chi connectivity index (χ0) is 29.5. The number of halogens is 3. The fraction of sp³-hybridized carbons (Fsp3) is 0.233. The van der Waals surface area contributed by atoms with Crippen molar-refractivity contribution in [2.24, 2.45) is 17.3 Å². The highest BCUT2D eigenvalue weighted by Crippen LogP contribution is 2.59. The number of nitrogens with one attached hydrogen (secondary N) is 2. The van der Waals surface area contributed by atoms with E-state index in [-0.39, 0.29) is 17.1 Å². The van der Waals surface area contributed by atoms with Gasteiger partial charge in [0.25, 0.3) is 0 Å². The second-order valence-electron chi connectivity index (χ2n) is 10.2. The summed E-state index contributed by atoms with van der Waals surface area (Å²) in [5, 5.41) is 5.62. The molecule has 1 aliphatic rings. The van der Waals surface area contributed by atoms with Gasteiger partial charge in [-0.15, -0.1) is 0 Å². The number of rotatable bonds is 8. The van der Waals surface area contributed by atoms with Gasteiger partial charge in [-0.1, -0.05) is 13.8 Å². The van der Waals surface area contributed by atoms with Gasteiger partial charge >= 0.3 is 0 Å². The molecule has 0 aliphatic heterocycles. The largest absolute Gasteiger partial charge is 0.493 e. The van der Waals surface area contributed by atoms with E-state index in [2.05, 4.69) is 15.6 Å². The monoisotopic (exact) mass is 565 g/mol. The molecule has 0 radical (unpaired) electrons. The SMILES string of the molecule is COc1cc2nccc(Oc3ccc(NC(=O)[C@H]4[C@@H](C(=O)Nc5ccc(F)cc5F)C4(C)C)cc3F)c2cc1OC. The first-order valence-electron chi connectivity index (χ1n) is 12.6. The summed E-state index contributed by atoms with van der Waals surface area (Å²) in [6.07, 6.45) is 1.52. The molecule has 5 rings (SSSR count). The van der Waals surface area contributed by atoms with Gasteiger partial charge in [0, 0.05) is 35.5 Å². The third kappa shape index (κ3) is 5.34. The number of carbonyl (C=O) groups is 2. The van der Waals surface area contributed by atoms with Crippen LogP contribution in [0.4, 0.5) is 24.5 Å². The molecule has 1 aromatic heterocycles. The van der Waals surface area contributed by atoms with E-state index in [9.17, 15) is 18.4 Å². The number of hydrogen-bond donors (Lipinski definition) is 2. The highest BCUT2D eigenvalue weighted by molar-refractivity contribution is 6.04. The highest BCUT2D eigenvalue weighted by atomic mass is 19.1. The molecule has 2 atom stereocenters. The predicted molar refractivity (Wildman–Crippen MR) is 146 cm³/mol. The maximum absolute atomic E-state index is 15.1. The van der Waals surface area contributed by atoms with E-state index in [4.69, 9.17) is 14.2 Å². The van der Waals surface area contributed by atoms with Crippen LogP contribution in [0.25, 0.3) is 10.9 Å². The smallest absolute Gasteiger partial charge is 0.228 e. The number of amides is 2. The van der Waals surface area contributed by atoms with Crippen molar-refractivity contribution >= 4 is 34.1 Å². The zero-order valence-electron chi connectivity index (χ0n) is 22.6. The Morgan fingerprint density at radius 1 is 0.780 bits per heavy atom. The van der Waals surface area contributed by atoms with Crippen molar-refractivity contribution in [1.82, 2.24) is 4.98 Å². The van der Waals surface area contributed by atoms with Crippen LogP contribution in [0, 0.1) is 34.7 Å². The van der Waals surface area contributed by atoms with E-state index in [0.717, 1.165) is 18.2 Å². The molecule has 0 spiro atoms. The number of pyridine rings is 1.